The Hall–Kier alpha value is -1.63. The predicted molar refractivity (Wildman–Crippen MR) is 97.5 cm³/mol. The molecule has 0 aromatic heterocycles. The topological polar surface area (TPSA) is 67.9 Å². The Morgan fingerprint density at radius 1 is 1.15 bits per heavy atom. The van der Waals surface area contributed by atoms with Crippen LogP contribution in [0.15, 0.2) is 24.3 Å². The standard InChI is InChI=1S/C19H25ClN2O4/c1-18(2,16(23)21-13-14-3-5-15(20)6-4-14)17(24)22-9-7-19(8-10-22)25-11-12-26-19/h3-6H,7-13H2,1-2H3,(H,21,23). The van der Waals surface area contributed by atoms with Crippen LogP contribution in [0.2, 0.25) is 5.02 Å². The van der Waals surface area contributed by atoms with Crippen LogP contribution in [0.4, 0.5) is 0 Å². The summed E-state index contributed by atoms with van der Waals surface area (Å²) in [7, 11) is 0. The number of hydrogen-bond acceptors (Lipinski definition) is 4. The Morgan fingerprint density at radius 3 is 2.31 bits per heavy atom. The summed E-state index contributed by atoms with van der Waals surface area (Å²) >= 11 is 5.86. The highest BCUT2D eigenvalue weighted by Crippen LogP contribution is 2.33. The summed E-state index contributed by atoms with van der Waals surface area (Å²) in [5.41, 5.74) is -0.199. The maximum Gasteiger partial charge on any atom is 0.237 e. The lowest BCUT2D eigenvalue weighted by Gasteiger charge is -2.40. The molecule has 0 atom stereocenters. The van der Waals surface area contributed by atoms with E-state index in [2.05, 4.69) is 5.32 Å². The lowest BCUT2D eigenvalue weighted by Crippen LogP contribution is -2.54. The first-order valence-electron chi connectivity index (χ1n) is 8.92. The average molecular weight is 381 g/mol. The van der Waals surface area contributed by atoms with E-state index < -0.39 is 11.2 Å². The molecular formula is C19H25ClN2O4. The van der Waals surface area contributed by atoms with Gasteiger partial charge in [0.25, 0.3) is 0 Å². The molecule has 2 aliphatic rings. The molecule has 26 heavy (non-hydrogen) atoms. The summed E-state index contributed by atoms with van der Waals surface area (Å²) in [6.45, 7) is 5.97. The van der Waals surface area contributed by atoms with Gasteiger partial charge in [-0.3, -0.25) is 9.59 Å². The number of carbonyl (C=O) groups is 2. The van der Waals surface area contributed by atoms with Crippen molar-refractivity contribution in [2.75, 3.05) is 26.3 Å². The van der Waals surface area contributed by atoms with Crippen molar-refractivity contribution >= 4 is 23.4 Å². The maximum atomic E-state index is 12.9. The zero-order chi connectivity index (χ0) is 18.8. The summed E-state index contributed by atoms with van der Waals surface area (Å²) in [5.74, 6) is -0.984. The van der Waals surface area contributed by atoms with E-state index in [1.54, 1.807) is 30.9 Å². The van der Waals surface area contributed by atoms with Crippen molar-refractivity contribution in [1.29, 1.82) is 0 Å². The lowest BCUT2D eigenvalue weighted by molar-refractivity contribution is -0.189. The third kappa shape index (κ3) is 4.03. The maximum absolute atomic E-state index is 12.9. The van der Waals surface area contributed by atoms with Gasteiger partial charge in [0.05, 0.1) is 13.2 Å². The number of hydrogen-bond donors (Lipinski definition) is 1. The molecule has 0 unspecified atom stereocenters. The van der Waals surface area contributed by atoms with Crippen LogP contribution < -0.4 is 5.32 Å². The molecule has 0 saturated carbocycles. The molecule has 0 bridgehead atoms. The molecule has 6 nitrogen and oxygen atoms in total. The number of ether oxygens (including phenoxy) is 2. The molecule has 2 saturated heterocycles. The number of rotatable bonds is 4. The second kappa shape index (κ2) is 7.55. The van der Waals surface area contributed by atoms with Gasteiger partial charge in [0, 0.05) is 37.5 Å². The average Bonchev–Trinajstić information content (AvgIpc) is 3.09. The fraction of sp³-hybridized carbons (Fsp3) is 0.579. The van der Waals surface area contributed by atoms with E-state index in [1.165, 1.54) is 0 Å². The Morgan fingerprint density at radius 2 is 1.73 bits per heavy atom. The molecule has 2 amide bonds. The second-order valence-corrected chi connectivity index (χ2v) is 7.77. The van der Waals surface area contributed by atoms with Gasteiger partial charge >= 0.3 is 0 Å². The monoisotopic (exact) mass is 380 g/mol. The second-order valence-electron chi connectivity index (χ2n) is 7.33. The van der Waals surface area contributed by atoms with Crippen LogP contribution in [-0.2, 0) is 25.6 Å². The van der Waals surface area contributed by atoms with E-state index in [9.17, 15) is 9.59 Å². The summed E-state index contributed by atoms with van der Waals surface area (Å²) in [4.78, 5) is 27.2. The minimum Gasteiger partial charge on any atom is -0.351 e. The molecule has 0 aliphatic carbocycles. The summed E-state index contributed by atoms with van der Waals surface area (Å²) in [5, 5.41) is 3.50. The molecule has 1 aromatic rings. The van der Waals surface area contributed by atoms with Gasteiger partial charge in [0.2, 0.25) is 11.8 Å². The van der Waals surface area contributed by atoms with E-state index in [0.29, 0.717) is 50.7 Å². The number of amides is 2. The molecule has 1 N–H and O–H groups in total. The Bertz CT molecular complexity index is 659. The first-order valence-corrected chi connectivity index (χ1v) is 9.30. The van der Waals surface area contributed by atoms with Gasteiger partial charge in [-0.1, -0.05) is 23.7 Å². The zero-order valence-corrected chi connectivity index (χ0v) is 16.0. The Kier molecular flexibility index (Phi) is 5.55. The van der Waals surface area contributed by atoms with Crippen LogP contribution in [0, 0.1) is 5.41 Å². The van der Waals surface area contributed by atoms with Crippen molar-refractivity contribution in [3.63, 3.8) is 0 Å². The van der Waals surface area contributed by atoms with Crippen LogP contribution in [0.1, 0.15) is 32.3 Å². The molecule has 7 heteroatoms. The van der Waals surface area contributed by atoms with Crippen molar-refractivity contribution in [3.05, 3.63) is 34.9 Å². The van der Waals surface area contributed by atoms with Gasteiger partial charge in [-0.2, -0.15) is 0 Å². The SMILES string of the molecule is CC(C)(C(=O)NCc1ccc(Cl)cc1)C(=O)N1CCC2(CC1)OCCO2. The summed E-state index contributed by atoms with van der Waals surface area (Å²) in [6, 6.07) is 7.25. The quantitative estimate of drug-likeness (QED) is 0.814. The number of carbonyl (C=O) groups excluding carboxylic acids is 2. The normalized spacial score (nSPS) is 19.6. The number of piperidine rings is 1. The highest BCUT2D eigenvalue weighted by atomic mass is 35.5. The molecule has 2 fully saturated rings. The zero-order valence-electron chi connectivity index (χ0n) is 15.2. The van der Waals surface area contributed by atoms with E-state index in [-0.39, 0.29) is 11.8 Å². The predicted octanol–water partition coefficient (Wildman–Crippen LogP) is 2.35. The first-order chi connectivity index (χ1) is 12.3. The smallest absolute Gasteiger partial charge is 0.237 e. The van der Waals surface area contributed by atoms with Gasteiger partial charge in [-0.25, -0.2) is 0 Å². The first kappa shape index (κ1) is 19.1. The number of benzene rings is 1. The van der Waals surface area contributed by atoms with Crippen molar-refractivity contribution in [2.24, 2.45) is 5.41 Å². The van der Waals surface area contributed by atoms with Gasteiger partial charge in [-0.05, 0) is 31.5 Å². The summed E-state index contributed by atoms with van der Waals surface area (Å²) in [6.07, 6.45) is 1.28. The molecule has 2 aliphatic heterocycles. The number of likely N-dealkylation sites (tertiary alicyclic amines) is 1. The third-order valence-electron chi connectivity index (χ3n) is 5.09. The van der Waals surface area contributed by atoms with Crippen molar-refractivity contribution in [1.82, 2.24) is 10.2 Å². The third-order valence-corrected chi connectivity index (χ3v) is 5.35. The number of nitrogens with zero attached hydrogens (tertiary/aromatic N) is 1. The van der Waals surface area contributed by atoms with Crippen LogP contribution >= 0.6 is 11.6 Å². The number of nitrogens with one attached hydrogen (secondary N) is 1. The van der Waals surface area contributed by atoms with Crippen LogP contribution in [0.25, 0.3) is 0 Å². The number of halogens is 1. The van der Waals surface area contributed by atoms with Crippen LogP contribution in [0.5, 0.6) is 0 Å². The molecule has 142 valence electrons. The highest BCUT2D eigenvalue weighted by Gasteiger charge is 2.45. The van der Waals surface area contributed by atoms with E-state index in [0.717, 1.165) is 5.56 Å². The van der Waals surface area contributed by atoms with Gasteiger partial charge in [0.15, 0.2) is 5.79 Å². The molecular weight excluding hydrogens is 356 g/mol. The summed E-state index contributed by atoms with van der Waals surface area (Å²) < 4.78 is 11.4. The molecule has 2 heterocycles. The highest BCUT2D eigenvalue weighted by molar-refractivity contribution is 6.30. The van der Waals surface area contributed by atoms with Gasteiger partial charge in [-0.15, -0.1) is 0 Å². The van der Waals surface area contributed by atoms with Gasteiger partial charge < -0.3 is 19.7 Å². The van der Waals surface area contributed by atoms with E-state index in [4.69, 9.17) is 21.1 Å². The van der Waals surface area contributed by atoms with Crippen LogP contribution in [0.3, 0.4) is 0 Å². The fourth-order valence-corrected chi connectivity index (χ4v) is 3.46. The molecule has 0 radical (unpaired) electrons. The Balaban J connectivity index is 1.55. The molecule has 1 spiro atoms. The van der Waals surface area contributed by atoms with Crippen molar-refractivity contribution in [2.45, 2.75) is 39.0 Å². The van der Waals surface area contributed by atoms with Gasteiger partial charge in [0.1, 0.15) is 5.41 Å². The molecule has 3 rings (SSSR count). The fourth-order valence-electron chi connectivity index (χ4n) is 3.33. The van der Waals surface area contributed by atoms with E-state index >= 15 is 0 Å². The minimum absolute atomic E-state index is 0.168. The molecule has 1 aromatic carbocycles. The largest absolute Gasteiger partial charge is 0.351 e. The van der Waals surface area contributed by atoms with E-state index in [1.807, 2.05) is 12.1 Å². The van der Waals surface area contributed by atoms with Crippen molar-refractivity contribution < 1.29 is 19.1 Å². The van der Waals surface area contributed by atoms with Crippen LogP contribution in [-0.4, -0.2) is 48.8 Å². The minimum atomic E-state index is -1.13. The Labute approximate surface area is 158 Å². The lowest BCUT2D eigenvalue weighted by atomic mass is 9.88. The van der Waals surface area contributed by atoms with Crippen molar-refractivity contribution in [3.8, 4) is 0 Å².